The summed E-state index contributed by atoms with van der Waals surface area (Å²) < 4.78 is 4.87. The number of carbonyl (C=O) groups is 2. The number of esters is 1. The largest absolute Gasteiger partial charge is 0.452 e. The highest BCUT2D eigenvalue weighted by atomic mass is 32.2. The first-order valence-corrected chi connectivity index (χ1v) is 8.74. The minimum absolute atomic E-state index is 0.0765. The van der Waals surface area contributed by atoms with Gasteiger partial charge >= 0.3 is 5.97 Å². The van der Waals surface area contributed by atoms with Crippen molar-refractivity contribution in [2.45, 2.75) is 4.90 Å². The van der Waals surface area contributed by atoms with Crippen LogP contribution in [0.4, 0.5) is 11.4 Å². The molecule has 2 aromatic rings. The Labute approximate surface area is 154 Å². The molecule has 0 bridgehead atoms. The molecule has 7 nitrogen and oxygen atoms in total. The summed E-state index contributed by atoms with van der Waals surface area (Å²) >= 11 is 1.49. The fraction of sp³-hybridized carbons (Fsp3) is 0.111. The second-order valence-electron chi connectivity index (χ2n) is 5.04. The molecule has 0 aliphatic carbocycles. The number of hydrogen-bond donors (Lipinski definition) is 1. The number of thioether (sulfide) groups is 1. The number of ether oxygens (including phenoxy) is 1. The molecule has 0 spiro atoms. The normalized spacial score (nSPS) is 10.5. The van der Waals surface area contributed by atoms with Gasteiger partial charge in [0.1, 0.15) is 0 Å². The molecule has 0 unspecified atom stereocenters. The van der Waals surface area contributed by atoms with Gasteiger partial charge in [-0.25, -0.2) is 4.79 Å². The molecule has 2 aromatic carbocycles. The lowest BCUT2D eigenvalue weighted by Gasteiger charge is -2.08. The van der Waals surface area contributed by atoms with E-state index in [2.05, 4.69) is 5.32 Å². The zero-order valence-corrected chi connectivity index (χ0v) is 14.7. The van der Waals surface area contributed by atoms with Crippen molar-refractivity contribution in [3.05, 3.63) is 70.3 Å². The molecule has 0 saturated heterocycles. The molecular formula is C18H16N2O5S. The summed E-state index contributed by atoms with van der Waals surface area (Å²) in [6, 6.07) is 13.1. The quantitative estimate of drug-likeness (QED) is 0.263. The predicted molar refractivity (Wildman–Crippen MR) is 99.9 cm³/mol. The summed E-state index contributed by atoms with van der Waals surface area (Å²) in [6.07, 6.45) is 4.39. The van der Waals surface area contributed by atoms with Gasteiger partial charge in [0, 0.05) is 23.1 Å². The standard InChI is InChI=1S/C18H16N2O5S/c1-26-16-8-3-2-7-15(16)19-17(21)12-25-18(22)10-9-13-5-4-6-14(11-13)20(23)24/h2-11H,12H2,1H3,(H,19,21)/b10-9+. The van der Waals surface area contributed by atoms with Gasteiger partial charge in [0.05, 0.1) is 10.6 Å². The number of hydrogen-bond acceptors (Lipinski definition) is 6. The number of amides is 1. The van der Waals surface area contributed by atoms with Gasteiger partial charge in [-0.3, -0.25) is 14.9 Å². The maximum absolute atomic E-state index is 11.9. The van der Waals surface area contributed by atoms with Crippen LogP contribution in [0, 0.1) is 10.1 Å². The van der Waals surface area contributed by atoms with Gasteiger partial charge in [0.25, 0.3) is 11.6 Å². The third kappa shape index (κ3) is 5.75. The maximum atomic E-state index is 11.9. The van der Waals surface area contributed by atoms with Crippen LogP contribution in [0.25, 0.3) is 6.08 Å². The molecule has 8 heteroatoms. The second kappa shape index (κ2) is 9.38. The van der Waals surface area contributed by atoms with Gasteiger partial charge < -0.3 is 10.1 Å². The number of carbonyl (C=O) groups excluding carboxylic acids is 2. The number of nitrogens with zero attached hydrogens (tertiary/aromatic N) is 1. The van der Waals surface area contributed by atoms with E-state index in [0.29, 0.717) is 11.3 Å². The molecule has 0 aliphatic rings. The van der Waals surface area contributed by atoms with Crippen molar-refractivity contribution >= 4 is 41.1 Å². The van der Waals surface area contributed by atoms with Gasteiger partial charge in [-0.2, -0.15) is 0 Å². The molecule has 0 atom stereocenters. The molecule has 26 heavy (non-hydrogen) atoms. The first-order valence-electron chi connectivity index (χ1n) is 7.52. The van der Waals surface area contributed by atoms with Gasteiger partial charge in [-0.05, 0) is 30.0 Å². The first-order chi connectivity index (χ1) is 12.5. The third-order valence-electron chi connectivity index (χ3n) is 3.22. The number of anilines is 1. The highest BCUT2D eigenvalue weighted by Crippen LogP contribution is 2.24. The van der Waals surface area contributed by atoms with Crippen molar-refractivity contribution in [1.82, 2.24) is 0 Å². The monoisotopic (exact) mass is 372 g/mol. The van der Waals surface area contributed by atoms with Crippen LogP contribution in [-0.4, -0.2) is 29.7 Å². The van der Waals surface area contributed by atoms with Crippen LogP contribution in [0.5, 0.6) is 0 Å². The Kier molecular flexibility index (Phi) is 6.92. The molecule has 1 N–H and O–H groups in total. The van der Waals surface area contributed by atoms with E-state index >= 15 is 0 Å². The summed E-state index contributed by atoms with van der Waals surface area (Å²) in [5.74, 6) is -1.17. The molecule has 0 fully saturated rings. The molecule has 0 saturated carbocycles. The lowest BCUT2D eigenvalue weighted by Crippen LogP contribution is -2.20. The second-order valence-corrected chi connectivity index (χ2v) is 5.89. The molecule has 134 valence electrons. The van der Waals surface area contributed by atoms with Gasteiger partial charge in [0.2, 0.25) is 0 Å². The van der Waals surface area contributed by atoms with E-state index in [9.17, 15) is 19.7 Å². The molecule has 0 aromatic heterocycles. The summed E-state index contributed by atoms with van der Waals surface area (Å²) in [4.78, 5) is 34.7. The Morgan fingerprint density at radius 2 is 2.00 bits per heavy atom. The number of rotatable bonds is 7. The van der Waals surface area contributed by atoms with E-state index in [1.807, 2.05) is 18.4 Å². The minimum atomic E-state index is -0.718. The van der Waals surface area contributed by atoms with Crippen LogP contribution >= 0.6 is 11.8 Å². The average Bonchev–Trinajstić information content (AvgIpc) is 2.65. The Balaban J connectivity index is 1.87. The molecule has 0 heterocycles. The number of nitro groups is 1. The first kappa shape index (κ1) is 19.2. The molecule has 0 aliphatic heterocycles. The summed E-state index contributed by atoms with van der Waals surface area (Å²) in [5.41, 5.74) is 1.05. The van der Waals surface area contributed by atoms with E-state index in [-0.39, 0.29) is 5.69 Å². The van der Waals surface area contributed by atoms with Crippen LogP contribution in [-0.2, 0) is 14.3 Å². The fourth-order valence-electron chi connectivity index (χ4n) is 2.03. The van der Waals surface area contributed by atoms with Crippen LogP contribution < -0.4 is 5.32 Å². The van der Waals surface area contributed by atoms with Crippen molar-refractivity contribution in [2.24, 2.45) is 0 Å². The van der Waals surface area contributed by atoms with E-state index in [1.165, 1.54) is 36.0 Å². The van der Waals surface area contributed by atoms with Crippen molar-refractivity contribution < 1.29 is 19.2 Å². The summed E-state index contributed by atoms with van der Waals surface area (Å²) in [7, 11) is 0. The van der Waals surface area contributed by atoms with Crippen molar-refractivity contribution in [3.8, 4) is 0 Å². The molecular weight excluding hydrogens is 356 g/mol. The minimum Gasteiger partial charge on any atom is -0.452 e. The van der Waals surface area contributed by atoms with E-state index in [0.717, 1.165) is 11.0 Å². The van der Waals surface area contributed by atoms with Crippen LogP contribution in [0.15, 0.2) is 59.5 Å². The zero-order valence-electron chi connectivity index (χ0n) is 13.9. The van der Waals surface area contributed by atoms with Crippen molar-refractivity contribution in [3.63, 3.8) is 0 Å². The Morgan fingerprint density at radius 3 is 2.73 bits per heavy atom. The number of nitrogens with one attached hydrogen (secondary N) is 1. The topological polar surface area (TPSA) is 98.5 Å². The molecule has 1 amide bonds. The Morgan fingerprint density at radius 1 is 1.23 bits per heavy atom. The van der Waals surface area contributed by atoms with Gasteiger partial charge in [-0.15, -0.1) is 11.8 Å². The smallest absolute Gasteiger partial charge is 0.331 e. The number of para-hydroxylation sites is 1. The SMILES string of the molecule is CSc1ccccc1NC(=O)COC(=O)/C=C/c1cccc([N+](=O)[O-])c1. The van der Waals surface area contributed by atoms with E-state index < -0.39 is 23.4 Å². The lowest BCUT2D eigenvalue weighted by atomic mass is 10.2. The van der Waals surface area contributed by atoms with Gasteiger partial charge in [0.15, 0.2) is 6.61 Å². The number of benzene rings is 2. The van der Waals surface area contributed by atoms with E-state index in [4.69, 9.17) is 4.74 Å². The zero-order chi connectivity index (χ0) is 18.9. The summed E-state index contributed by atoms with van der Waals surface area (Å²) in [6.45, 7) is -0.430. The molecule has 0 radical (unpaired) electrons. The number of non-ortho nitro benzene ring substituents is 1. The number of nitro benzene ring substituents is 1. The van der Waals surface area contributed by atoms with Crippen LogP contribution in [0.1, 0.15) is 5.56 Å². The van der Waals surface area contributed by atoms with E-state index in [1.54, 1.807) is 18.2 Å². The highest BCUT2D eigenvalue weighted by molar-refractivity contribution is 7.98. The predicted octanol–water partition coefficient (Wildman–Crippen LogP) is 3.51. The maximum Gasteiger partial charge on any atom is 0.331 e. The van der Waals surface area contributed by atoms with Crippen molar-refractivity contribution in [1.29, 1.82) is 0 Å². The Hall–Kier alpha value is -3.13. The van der Waals surface area contributed by atoms with Crippen LogP contribution in [0.2, 0.25) is 0 Å². The Bertz CT molecular complexity index is 851. The summed E-state index contributed by atoms with van der Waals surface area (Å²) in [5, 5.41) is 13.4. The average molecular weight is 372 g/mol. The highest BCUT2D eigenvalue weighted by Gasteiger charge is 2.08. The van der Waals surface area contributed by atoms with Gasteiger partial charge in [-0.1, -0.05) is 24.3 Å². The lowest BCUT2D eigenvalue weighted by molar-refractivity contribution is -0.384. The van der Waals surface area contributed by atoms with Crippen LogP contribution in [0.3, 0.4) is 0 Å². The fourth-order valence-corrected chi connectivity index (χ4v) is 2.58. The third-order valence-corrected chi connectivity index (χ3v) is 4.02. The van der Waals surface area contributed by atoms with Crippen molar-refractivity contribution in [2.75, 3.05) is 18.2 Å². The molecule has 2 rings (SSSR count).